The van der Waals surface area contributed by atoms with Crippen molar-refractivity contribution in [1.29, 1.82) is 5.41 Å². The van der Waals surface area contributed by atoms with Gasteiger partial charge in [0, 0.05) is 85.2 Å². The van der Waals surface area contributed by atoms with Crippen LogP contribution in [-0.4, -0.2) is 241 Å². The minimum absolute atomic E-state index is 0. The summed E-state index contributed by atoms with van der Waals surface area (Å²) in [6, 6.07) is 13.2. The van der Waals surface area contributed by atoms with E-state index in [0.29, 0.717) is 60.6 Å². The summed E-state index contributed by atoms with van der Waals surface area (Å²) in [4.78, 5) is 90.0. The summed E-state index contributed by atoms with van der Waals surface area (Å²) >= 11 is 2.50. The predicted octanol–water partition coefficient (Wildman–Crippen LogP) is 11.3. The molecule has 91 heavy (non-hydrogen) atoms. The van der Waals surface area contributed by atoms with Crippen LogP contribution >= 0.6 is 108 Å². The minimum atomic E-state index is -0.799. The first kappa shape index (κ1) is 92.3. The normalized spacial score (nSPS) is 13.2. The first-order valence-electron chi connectivity index (χ1n) is 29.0. The number of aliphatic carboxylic acids is 2. The molecular weight excluding hydrogens is 1420 g/mol. The number of Topliss-reactive ketones (excluding diaryl/α,β-unsaturated/α-hetero) is 2. The number of rotatable bonds is 36. The fourth-order valence-electron chi connectivity index (χ4n) is 6.82. The van der Waals surface area contributed by atoms with Crippen LogP contribution in [0.3, 0.4) is 0 Å². The average Bonchev–Trinajstić information content (AvgIpc) is 1.35. The van der Waals surface area contributed by atoms with Crippen molar-refractivity contribution in [2.24, 2.45) is 5.73 Å². The van der Waals surface area contributed by atoms with Crippen LogP contribution in [0.1, 0.15) is 122 Å². The molecule has 21 nitrogen and oxygen atoms in total. The number of benzene rings is 3. The van der Waals surface area contributed by atoms with E-state index in [2.05, 4.69) is 24.2 Å². The van der Waals surface area contributed by atoms with Crippen molar-refractivity contribution < 1.29 is 84.2 Å². The molecule has 1 amide bonds. The van der Waals surface area contributed by atoms with Crippen molar-refractivity contribution in [1.82, 2.24) is 5.32 Å². The summed E-state index contributed by atoms with van der Waals surface area (Å²) in [5, 5.41) is 56.1. The zero-order valence-electron chi connectivity index (χ0n) is 52.6. The second kappa shape index (κ2) is 62.8. The molecule has 0 saturated carbocycles. The van der Waals surface area contributed by atoms with E-state index in [9.17, 15) is 53.7 Å². The summed E-state index contributed by atoms with van der Waals surface area (Å²) in [5.41, 5.74) is 12.7. The van der Waals surface area contributed by atoms with Gasteiger partial charge in [-0.2, -0.15) is 0 Å². The van der Waals surface area contributed by atoms with Gasteiger partial charge in [-0.15, -0.1) is 0 Å². The maximum absolute atomic E-state index is 12.1. The summed E-state index contributed by atoms with van der Waals surface area (Å²) in [6.45, 7) is 5.19. The number of amides is 1. The van der Waals surface area contributed by atoms with Crippen LogP contribution in [-0.2, 0) is 55.7 Å². The number of esters is 3. The summed E-state index contributed by atoms with van der Waals surface area (Å²) < 4.78 is 18.1. The predicted molar refractivity (Wildman–Crippen MR) is 392 cm³/mol. The van der Waals surface area contributed by atoms with E-state index >= 15 is 0 Å². The Hall–Kier alpha value is -0.712. The molecule has 0 aromatic heterocycles. The molecule has 0 bridgehead atoms. The van der Waals surface area contributed by atoms with Crippen LogP contribution in [0.5, 0.6) is 17.2 Å². The van der Waals surface area contributed by atoms with Crippen LogP contribution in [0, 0.1) is 5.41 Å². The van der Waals surface area contributed by atoms with Gasteiger partial charge in [0.2, 0.25) is 5.91 Å². The number of hydrogen-bond donors (Lipinski definition) is 9. The number of ketones is 2. The molecule has 2 heterocycles. The molecule has 2 unspecified atom stereocenters. The van der Waals surface area contributed by atoms with Crippen LogP contribution in [0.2, 0.25) is 6.32 Å². The zero-order chi connectivity index (χ0) is 68.6. The van der Waals surface area contributed by atoms with E-state index in [1.807, 2.05) is 57.0 Å². The van der Waals surface area contributed by atoms with Crippen LogP contribution < -0.4 is 16.8 Å². The van der Waals surface area contributed by atoms with E-state index in [4.69, 9.17) is 27.1 Å². The fourth-order valence-corrected chi connectivity index (χ4v) is 18.2. The summed E-state index contributed by atoms with van der Waals surface area (Å²) in [6.07, 6.45) is 11.9. The molecule has 0 spiro atoms. The van der Waals surface area contributed by atoms with Gasteiger partial charge in [-0.1, -0.05) is 147 Å². The first-order chi connectivity index (χ1) is 43.8. The standard InChI is InChI=1S/C21H29NO5S4.C13H17NO4S2.C8H9NO3.C8H14O2S2.C5H9BNO3S2.C2H6.2K.H2/c1-27-21(26)18-13-15(6-7-19(18)24)12-16(23)14-30-28-11-9-22-20(25)5-3-2-4-17-8-10-29-31-17;1-18-13(17)11-7-9(2-3-12(11)16)6-10(15)8-20-19-5-4-14;1-12-8(11)6-4-5(9)2-3-7(6)10;9-8(10)4-2-1-3-7-5-6-11-12-7;7-4-10-6-1-2-11-12-3-5(8)9;1-2;;;/h6-7,13,17,24H,2-5,8-12,14H2,1H3,(H,22,25);2-3,7,16H,4-6,8,14H2,1H3;2-4,10H,9H2,1H3;7H,1-6H2,(H,9,10);4,7H,1-3H2,(H,8,9);1-2H3;;;1H/i;;;;;;;;1+1. The van der Waals surface area contributed by atoms with Crippen LogP contribution in [0.4, 0.5) is 5.69 Å². The third-order valence-corrected chi connectivity index (χ3v) is 24.0. The molecule has 3 aromatic carbocycles. The second-order valence-corrected chi connectivity index (χ2v) is 31.2. The number of aromatic hydroxyl groups is 3. The van der Waals surface area contributed by atoms with E-state index < -0.39 is 29.8 Å². The number of nitrogens with two attached hydrogens (primary N) is 2. The quantitative estimate of drug-likeness (QED) is 0.00300. The van der Waals surface area contributed by atoms with Crippen molar-refractivity contribution in [2.75, 3.05) is 86.2 Å². The van der Waals surface area contributed by atoms with Crippen molar-refractivity contribution >= 4 is 238 Å². The van der Waals surface area contributed by atoms with E-state index in [0.717, 1.165) is 59.8 Å². The molecule has 2 saturated heterocycles. The Bertz CT molecular complexity index is 2580. The zero-order valence-corrected chi connectivity index (χ0v) is 67.1. The number of carboxylic acid groups (broad SMARTS) is 2. The molecule has 0 aliphatic carbocycles. The molecule has 5 rings (SSSR count). The molecule has 3 aromatic rings. The number of hydrogen-bond acceptors (Lipinski definition) is 28. The Balaban J connectivity index is -0.00000112. The number of methoxy groups -OCH3 is 3. The summed E-state index contributed by atoms with van der Waals surface area (Å²) in [5.74, 6) is 2.15. The number of anilines is 1. The molecule has 2 fully saturated rings. The fraction of sp³-hybridized carbons (Fsp3) is 0.526. The van der Waals surface area contributed by atoms with E-state index in [-0.39, 0.29) is 71.4 Å². The maximum atomic E-state index is 12.1. The number of carbonyl (C=O) groups is 8. The van der Waals surface area contributed by atoms with Crippen LogP contribution in [0.25, 0.3) is 0 Å². The average molecular weight is 1510 g/mol. The Morgan fingerprint density at radius 2 is 1.08 bits per heavy atom. The number of nitrogens with one attached hydrogen (secondary N) is 2. The molecule has 1 radical (unpaired) electrons. The van der Waals surface area contributed by atoms with Gasteiger partial charge >= 0.3 is 100 Å². The van der Waals surface area contributed by atoms with Gasteiger partial charge in [-0.3, -0.25) is 29.4 Å². The van der Waals surface area contributed by atoms with E-state index in [1.54, 1.807) is 33.7 Å². The van der Waals surface area contributed by atoms with E-state index in [1.165, 1.54) is 215 Å². The third kappa shape index (κ3) is 50.3. The summed E-state index contributed by atoms with van der Waals surface area (Å²) in [7, 11) is 21.9. The Morgan fingerprint density at radius 3 is 1.51 bits per heavy atom. The first-order valence-corrected chi connectivity index (χ1v) is 57.2. The SMILES string of the molecule is CC.COC(=O)c1cc(CC(=O)CSSCCN)ccc1O.COC(=O)c1cc(CC(=O)CSSCCNC(=O)CCCCC2CCSS2)ccc1O.COC(=O)c1cc(N)ccc1O.N=CO[B]CCSSCC(=O)O.O=C(O)CCCCC1CCSS1.[2HH].[K][K]. The number of phenolic OH excluding ortho intramolecular Hbond substituents is 3. The molecule has 2 atom stereocenters. The van der Waals surface area contributed by atoms with Crippen molar-refractivity contribution in [3.8, 4) is 17.2 Å². The number of unbranched alkanes of at least 4 members (excludes halogenated alkanes) is 2. The number of carboxylic acids is 2. The van der Waals surface area contributed by atoms with Gasteiger partial charge in [0.25, 0.3) is 0 Å². The second-order valence-electron chi connectivity index (χ2n) is 17.9. The van der Waals surface area contributed by atoms with Crippen LogP contribution in [0.15, 0.2) is 54.6 Å². The van der Waals surface area contributed by atoms with Gasteiger partial charge in [0.15, 0.2) is 0 Å². The van der Waals surface area contributed by atoms with Gasteiger partial charge < -0.3 is 61.2 Å². The Labute approximate surface area is 622 Å². The number of nitrogen functional groups attached to an aromatic ring is 1. The molecule has 2 aliphatic rings. The van der Waals surface area contributed by atoms with Gasteiger partial charge in [-0.25, -0.2) is 14.4 Å². The molecule has 501 valence electrons. The monoisotopic (exact) mass is 1510 g/mol. The molecule has 34 heteroatoms. The van der Waals surface area contributed by atoms with Gasteiger partial charge in [0.1, 0.15) is 57.7 Å². The number of phenols is 3. The van der Waals surface area contributed by atoms with Crippen molar-refractivity contribution in [3.63, 3.8) is 0 Å². The van der Waals surface area contributed by atoms with Crippen molar-refractivity contribution in [3.05, 3.63) is 82.4 Å². The Morgan fingerprint density at radius 1 is 0.637 bits per heavy atom. The molecule has 2 aliphatic heterocycles. The molecular formula is C57H86BK2N4O17S10. The number of carbonyl (C=O) groups excluding carboxylic acids is 6. The van der Waals surface area contributed by atoms with Gasteiger partial charge in [-0.05, 0) is 98.4 Å². The topological polar surface area (TPSA) is 363 Å². The van der Waals surface area contributed by atoms with Gasteiger partial charge in [0.05, 0.1) is 32.8 Å². The number of ether oxygens (including phenoxy) is 3. The Kier molecular flexibility index (Phi) is 63.7. The van der Waals surface area contributed by atoms with Crippen molar-refractivity contribution in [2.45, 2.75) is 108 Å². The third-order valence-electron chi connectivity index (χ3n) is 11.0. The molecule has 11 N–H and O–H groups in total.